The standard InChI is InChI=1S/C15H19ClN2O3/c1-21-13-5-3-2-4-12(13)15(20)18-8-6-11(7-9-18)17-14(19)10-16/h2-5,11H,6-10H2,1H3,(H,17,19). The fourth-order valence-corrected chi connectivity index (χ4v) is 2.56. The number of rotatable bonds is 4. The number of benzene rings is 1. The molecule has 0 spiro atoms. The summed E-state index contributed by atoms with van der Waals surface area (Å²) in [5.41, 5.74) is 0.572. The molecule has 21 heavy (non-hydrogen) atoms. The smallest absolute Gasteiger partial charge is 0.257 e. The molecule has 0 saturated carbocycles. The van der Waals surface area contributed by atoms with E-state index < -0.39 is 0 Å². The molecule has 1 saturated heterocycles. The number of amides is 2. The normalized spacial score (nSPS) is 15.6. The van der Waals surface area contributed by atoms with Crippen molar-refractivity contribution in [3.63, 3.8) is 0 Å². The van der Waals surface area contributed by atoms with E-state index in [-0.39, 0.29) is 23.7 Å². The minimum atomic E-state index is -0.161. The number of carbonyl (C=O) groups is 2. The first kappa shape index (κ1) is 15.6. The minimum absolute atomic E-state index is 0.0274. The van der Waals surface area contributed by atoms with E-state index in [2.05, 4.69) is 5.32 Å². The second kappa shape index (κ2) is 7.31. The van der Waals surface area contributed by atoms with E-state index in [1.807, 2.05) is 12.1 Å². The van der Waals surface area contributed by atoms with Gasteiger partial charge in [0.05, 0.1) is 12.7 Å². The molecule has 1 aromatic carbocycles. The fourth-order valence-electron chi connectivity index (χ4n) is 2.48. The van der Waals surface area contributed by atoms with Gasteiger partial charge in [0.1, 0.15) is 11.6 Å². The lowest BCUT2D eigenvalue weighted by molar-refractivity contribution is -0.119. The predicted octanol–water partition coefficient (Wildman–Crippen LogP) is 1.65. The zero-order valence-electron chi connectivity index (χ0n) is 12.0. The van der Waals surface area contributed by atoms with Gasteiger partial charge in [-0.15, -0.1) is 11.6 Å². The number of methoxy groups -OCH3 is 1. The van der Waals surface area contributed by atoms with Crippen LogP contribution in [0.1, 0.15) is 23.2 Å². The molecule has 0 unspecified atom stereocenters. The molecule has 114 valence electrons. The maximum absolute atomic E-state index is 12.5. The Morgan fingerprint density at radius 3 is 2.62 bits per heavy atom. The molecule has 0 bridgehead atoms. The third kappa shape index (κ3) is 3.88. The van der Waals surface area contributed by atoms with Crippen LogP contribution in [0.2, 0.25) is 0 Å². The van der Waals surface area contributed by atoms with Crippen LogP contribution < -0.4 is 10.1 Å². The van der Waals surface area contributed by atoms with Crippen molar-refractivity contribution in [2.45, 2.75) is 18.9 Å². The van der Waals surface area contributed by atoms with Crippen molar-refractivity contribution in [2.24, 2.45) is 0 Å². The molecule has 1 aliphatic rings. The average Bonchev–Trinajstić information content (AvgIpc) is 2.54. The SMILES string of the molecule is COc1ccccc1C(=O)N1CCC(NC(=O)CCl)CC1. The third-order valence-electron chi connectivity index (χ3n) is 3.61. The zero-order chi connectivity index (χ0) is 15.2. The van der Waals surface area contributed by atoms with E-state index in [1.165, 1.54) is 0 Å². The van der Waals surface area contributed by atoms with E-state index in [9.17, 15) is 9.59 Å². The monoisotopic (exact) mass is 310 g/mol. The quantitative estimate of drug-likeness (QED) is 0.860. The molecule has 1 N–H and O–H groups in total. The maximum Gasteiger partial charge on any atom is 0.257 e. The highest BCUT2D eigenvalue weighted by Gasteiger charge is 2.25. The van der Waals surface area contributed by atoms with Crippen LogP contribution in [-0.4, -0.2) is 48.8 Å². The largest absolute Gasteiger partial charge is 0.496 e. The molecule has 6 heteroatoms. The van der Waals surface area contributed by atoms with Gasteiger partial charge in [-0.2, -0.15) is 0 Å². The number of ether oxygens (including phenoxy) is 1. The number of nitrogens with zero attached hydrogens (tertiary/aromatic N) is 1. The number of piperidine rings is 1. The summed E-state index contributed by atoms with van der Waals surface area (Å²) in [4.78, 5) is 25.6. The summed E-state index contributed by atoms with van der Waals surface area (Å²) in [6.07, 6.45) is 1.48. The molecule has 1 aliphatic heterocycles. The van der Waals surface area contributed by atoms with Crippen LogP contribution in [0.4, 0.5) is 0 Å². The van der Waals surface area contributed by atoms with Crippen molar-refractivity contribution in [1.29, 1.82) is 0 Å². The first-order chi connectivity index (χ1) is 10.2. The lowest BCUT2D eigenvalue weighted by Crippen LogP contribution is -2.46. The van der Waals surface area contributed by atoms with Gasteiger partial charge in [-0.05, 0) is 25.0 Å². The van der Waals surface area contributed by atoms with Crippen molar-refractivity contribution < 1.29 is 14.3 Å². The molecule has 0 aliphatic carbocycles. The number of hydrogen-bond donors (Lipinski definition) is 1. The van der Waals surface area contributed by atoms with E-state index in [1.54, 1.807) is 24.1 Å². The molecule has 0 radical (unpaired) electrons. The van der Waals surface area contributed by atoms with Crippen LogP contribution in [0.15, 0.2) is 24.3 Å². The summed E-state index contributed by atoms with van der Waals surface area (Å²) in [6, 6.07) is 7.30. The number of alkyl halides is 1. The number of halogens is 1. The number of para-hydroxylation sites is 1. The lowest BCUT2D eigenvalue weighted by atomic mass is 10.0. The predicted molar refractivity (Wildman–Crippen MR) is 80.8 cm³/mol. The van der Waals surface area contributed by atoms with Crippen molar-refractivity contribution >= 4 is 23.4 Å². The van der Waals surface area contributed by atoms with Gasteiger partial charge < -0.3 is 15.0 Å². The molecule has 2 rings (SSSR count). The van der Waals surface area contributed by atoms with E-state index in [0.29, 0.717) is 24.4 Å². The van der Waals surface area contributed by atoms with E-state index in [0.717, 1.165) is 12.8 Å². The molecule has 1 aromatic rings. The molecule has 5 nitrogen and oxygen atoms in total. The van der Waals surface area contributed by atoms with Gasteiger partial charge in [0.15, 0.2) is 0 Å². The van der Waals surface area contributed by atoms with Gasteiger partial charge in [-0.3, -0.25) is 9.59 Å². The Kier molecular flexibility index (Phi) is 5.44. The van der Waals surface area contributed by atoms with Crippen LogP contribution >= 0.6 is 11.6 Å². The summed E-state index contributed by atoms with van der Waals surface area (Å²) >= 11 is 5.47. The van der Waals surface area contributed by atoms with Gasteiger partial charge >= 0.3 is 0 Å². The van der Waals surface area contributed by atoms with Crippen LogP contribution in [-0.2, 0) is 4.79 Å². The van der Waals surface area contributed by atoms with Crippen molar-refractivity contribution in [2.75, 3.05) is 26.1 Å². The minimum Gasteiger partial charge on any atom is -0.496 e. The molecule has 2 amide bonds. The average molecular weight is 311 g/mol. The summed E-state index contributed by atoms with van der Waals surface area (Å²) < 4.78 is 5.23. The van der Waals surface area contributed by atoms with Gasteiger partial charge in [0.2, 0.25) is 5.91 Å². The van der Waals surface area contributed by atoms with Crippen LogP contribution in [0.5, 0.6) is 5.75 Å². The number of carbonyl (C=O) groups excluding carboxylic acids is 2. The van der Waals surface area contributed by atoms with Gasteiger partial charge in [-0.25, -0.2) is 0 Å². The number of nitrogens with one attached hydrogen (secondary N) is 1. The molecular formula is C15H19ClN2O3. The summed E-state index contributed by atoms with van der Waals surface area (Å²) in [5, 5.41) is 2.86. The molecule has 1 heterocycles. The van der Waals surface area contributed by atoms with Gasteiger partial charge in [-0.1, -0.05) is 12.1 Å². The topological polar surface area (TPSA) is 58.6 Å². The Morgan fingerprint density at radius 2 is 2.00 bits per heavy atom. The Labute approximate surface area is 129 Å². The molecular weight excluding hydrogens is 292 g/mol. The van der Waals surface area contributed by atoms with Crippen molar-refractivity contribution in [1.82, 2.24) is 10.2 Å². The van der Waals surface area contributed by atoms with Crippen LogP contribution in [0.3, 0.4) is 0 Å². The molecule has 1 fully saturated rings. The maximum atomic E-state index is 12.5. The Hall–Kier alpha value is -1.75. The van der Waals surface area contributed by atoms with Gasteiger partial charge in [0.25, 0.3) is 5.91 Å². The van der Waals surface area contributed by atoms with Gasteiger partial charge in [0, 0.05) is 19.1 Å². The van der Waals surface area contributed by atoms with Crippen molar-refractivity contribution in [3.05, 3.63) is 29.8 Å². The summed E-state index contributed by atoms with van der Waals surface area (Å²) in [6.45, 7) is 1.23. The van der Waals surface area contributed by atoms with Crippen LogP contribution in [0, 0.1) is 0 Å². The second-order valence-corrected chi connectivity index (χ2v) is 5.24. The Morgan fingerprint density at radius 1 is 1.33 bits per heavy atom. The molecule has 0 atom stereocenters. The lowest BCUT2D eigenvalue weighted by Gasteiger charge is -2.32. The molecule has 0 aromatic heterocycles. The van der Waals surface area contributed by atoms with Crippen molar-refractivity contribution in [3.8, 4) is 5.75 Å². The first-order valence-corrected chi connectivity index (χ1v) is 7.46. The third-order valence-corrected chi connectivity index (χ3v) is 3.85. The second-order valence-electron chi connectivity index (χ2n) is 4.97. The zero-order valence-corrected chi connectivity index (χ0v) is 12.7. The van der Waals surface area contributed by atoms with E-state index in [4.69, 9.17) is 16.3 Å². The number of likely N-dealkylation sites (tertiary alicyclic amines) is 1. The highest BCUT2D eigenvalue weighted by molar-refractivity contribution is 6.27. The highest BCUT2D eigenvalue weighted by Crippen LogP contribution is 2.21. The summed E-state index contributed by atoms with van der Waals surface area (Å²) in [7, 11) is 1.56. The Balaban J connectivity index is 1.95. The van der Waals surface area contributed by atoms with Crippen LogP contribution in [0.25, 0.3) is 0 Å². The summed E-state index contributed by atoms with van der Waals surface area (Å²) in [5.74, 6) is 0.362. The number of hydrogen-bond acceptors (Lipinski definition) is 3. The Bertz CT molecular complexity index is 513. The fraction of sp³-hybridized carbons (Fsp3) is 0.467. The van der Waals surface area contributed by atoms with E-state index >= 15 is 0 Å². The highest BCUT2D eigenvalue weighted by atomic mass is 35.5. The first-order valence-electron chi connectivity index (χ1n) is 6.93.